The highest BCUT2D eigenvalue weighted by Crippen LogP contribution is 2.49. The van der Waals surface area contributed by atoms with Crippen LogP contribution in [0.15, 0.2) is 48.1 Å². The summed E-state index contributed by atoms with van der Waals surface area (Å²) >= 11 is 5.33. The molecule has 1 saturated carbocycles. The van der Waals surface area contributed by atoms with E-state index in [1.54, 1.807) is 38.1 Å². The van der Waals surface area contributed by atoms with Crippen molar-refractivity contribution in [3.63, 3.8) is 0 Å². The molecule has 2 aromatic carbocycles. The van der Waals surface area contributed by atoms with Crippen LogP contribution in [0.4, 0.5) is 56.0 Å². The smallest absolute Gasteiger partial charge is 0.307 e. The Bertz CT molecular complexity index is 3330. The molecule has 7 aromatic rings. The zero-order chi connectivity index (χ0) is 52.8. The van der Waals surface area contributed by atoms with E-state index >= 15 is 0 Å². The average molecular weight is 1140 g/mol. The molecule has 8 N–H and O–H groups in total. The molecule has 0 saturated heterocycles. The first-order chi connectivity index (χ1) is 34.9. The molecular formula is C43H55N13O10S7. The predicted molar refractivity (Wildman–Crippen MR) is 293 cm³/mol. The van der Waals surface area contributed by atoms with Gasteiger partial charge in [0.15, 0.2) is 30.1 Å². The van der Waals surface area contributed by atoms with Crippen molar-refractivity contribution < 1.29 is 44.9 Å². The Balaban J connectivity index is 0.000000442. The van der Waals surface area contributed by atoms with E-state index in [-0.39, 0.29) is 30.9 Å². The SMILES string of the molecule is CCN(CC)c1cc(Nc2nc(Nc3cc(N(CC)CC)c(OC)cc3N=Nc3snc4sc(S(=O)(=O)O)c(OC)c34)nc(SC3CCCCC3)n2)c(N)cc1OC.COc1c(S(=O)(=O)O)sc2nsc(N)c12. The lowest BCUT2D eigenvalue weighted by atomic mass is 10.0. The Labute approximate surface area is 442 Å². The molecule has 394 valence electrons. The molecule has 0 spiro atoms. The summed E-state index contributed by atoms with van der Waals surface area (Å²) in [6, 6.07) is 7.41. The maximum Gasteiger partial charge on any atom is 0.307 e. The normalized spacial score (nSPS) is 13.3. The van der Waals surface area contributed by atoms with E-state index in [1.807, 2.05) is 12.1 Å². The zero-order valence-corrected chi connectivity index (χ0v) is 46.7. The number of nitrogens with zero attached hydrogens (tertiary/aromatic N) is 9. The van der Waals surface area contributed by atoms with Crippen molar-refractivity contribution in [3.05, 3.63) is 24.3 Å². The van der Waals surface area contributed by atoms with Crippen molar-refractivity contribution in [2.45, 2.75) is 78.6 Å². The van der Waals surface area contributed by atoms with E-state index in [1.165, 1.54) is 20.6 Å². The van der Waals surface area contributed by atoms with Crippen LogP contribution in [0.5, 0.6) is 23.0 Å². The van der Waals surface area contributed by atoms with Gasteiger partial charge in [-0.25, -0.2) is 0 Å². The molecule has 23 nitrogen and oxygen atoms in total. The number of azo groups is 1. The minimum Gasteiger partial charge on any atom is -0.495 e. The summed E-state index contributed by atoms with van der Waals surface area (Å²) in [6.07, 6.45) is 5.68. The lowest BCUT2D eigenvalue weighted by Gasteiger charge is -2.25. The number of nitrogens with two attached hydrogens (primary N) is 2. The van der Waals surface area contributed by atoms with Crippen molar-refractivity contribution in [3.8, 4) is 23.0 Å². The number of ether oxygens (including phenoxy) is 4. The van der Waals surface area contributed by atoms with E-state index in [2.05, 4.69) is 67.1 Å². The van der Waals surface area contributed by atoms with E-state index in [4.69, 9.17) is 49.9 Å². The number of thioether (sulfide) groups is 1. The molecule has 1 aliphatic rings. The maximum atomic E-state index is 12.1. The third-order valence-electron chi connectivity index (χ3n) is 11.4. The number of nitrogens with one attached hydrogen (secondary N) is 2. The molecule has 5 aromatic heterocycles. The molecule has 1 aliphatic carbocycles. The molecule has 30 heteroatoms. The molecule has 0 bridgehead atoms. The molecule has 8 rings (SSSR count). The quantitative estimate of drug-likeness (QED) is 0.0235. The number of nitrogen functional groups attached to an aromatic ring is 2. The van der Waals surface area contributed by atoms with Gasteiger partial charge in [0.05, 0.1) is 67.6 Å². The van der Waals surface area contributed by atoms with Gasteiger partial charge >= 0.3 is 20.2 Å². The van der Waals surface area contributed by atoms with E-state index in [9.17, 15) is 21.4 Å². The van der Waals surface area contributed by atoms with Crippen LogP contribution < -0.4 is 50.8 Å². The molecule has 1 fully saturated rings. The third-order valence-corrected chi connectivity index (χ3v) is 19.1. The summed E-state index contributed by atoms with van der Waals surface area (Å²) < 4.78 is 94.6. The highest BCUT2D eigenvalue weighted by Gasteiger charge is 2.29. The minimum atomic E-state index is -4.57. The van der Waals surface area contributed by atoms with Gasteiger partial charge in [0.1, 0.15) is 31.8 Å². The van der Waals surface area contributed by atoms with Gasteiger partial charge in [0.2, 0.25) is 11.9 Å². The van der Waals surface area contributed by atoms with Crippen molar-refractivity contribution in [2.24, 2.45) is 10.2 Å². The number of rotatable bonds is 20. The fourth-order valence-electron chi connectivity index (χ4n) is 7.92. The van der Waals surface area contributed by atoms with Crippen molar-refractivity contribution in [1.29, 1.82) is 0 Å². The first-order valence-corrected chi connectivity index (χ1v) is 29.5. The summed E-state index contributed by atoms with van der Waals surface area (Å²) in [6.45, 7) is 11.2. The van der Waals surface area contributed by atoms with Gasteiger partial charge in [-0.3, -0.25) is 9.11 Å². The lowest BCUT2D eigenvalue weighted by molar-refractivity contribution is 0.406. The van der Waals surface area contributed by atoms with E-state index in [0.717, 1.165) is 95.9 Å². The summed E-state index contributed by atoms with van der Waals surface area (Å²) in [5.41, 5.74) is 15.9. The topological polar surface area (TPSA) is 317 Å². The summed E-state index contributed by atoms with van der Waals surface area (Å²) in [4.78, 5) is 19.7. The number of hydrogen-bond acceptors (Lipinski definition) is 26. The van der Waals surface area contributed by atoms with Crippen molar-refractivity contribution >= 4 is 154 Å². The van der Waals surface area contributed by atoms with Gasteiger partial charge in [-0.2, -0.15) is 40.5 Å². The second-order valence-electron chi connectivity index (χ2n) is 15.8. The van der Waals surface area contributed by atoms with Gasteiger partial charge in [-0.1, -0.05) is 53.7 Å². The molecule has 73 heavy (non-hydrogen) atoms. The number of aromatic nitrogens is 5. The highest BCUT2D eigenvalue weighted by molar-refractivity contribution is 7.99. The zero-order valence-electron chi connectivity index (χ0n) is 40.9. The second-order valence-corrected chi connectivity index (χ2v) is 23.8. The second kappa shape index (κ2) is 23.7. The molecule has 0 amide bonds. The van der Waals surface area contributed by atoms with Gasteiger partial charge < -0.3 is 50.8 Å². The van der Waals surface area contributed by atoms with E-state index in [0.29, 0.717) is 89.1 Å². The minimum absolute atomic E-state index is 0.0482. The summed E-state index contributed by atoms with van der Waals surface area (Å²) in [7, 11) is -3.01. The van der Waals surface area contributed by atoms with Gasteiger partial charge in [-0.15, -0.1) is 10.2 Å². The predicted octanol–water partition coefficient (Wildman–Crippen LogP) is 10.6. The van der Waals surface area contributed by atoms with Crippen LogP contribution in [0.1, 0.15) is 59.8 Å². The Morgan fingerprint density at radius 2 is 1.19 bits per heavy atom. The average Bonchev–Trinajstić information content (AvgIpc) is 4.15. The molecule has 0 atom stereocenters. The first kappa shape index (κ1) is 55.2. The third kappa shape index (κ3) is 12.3. The highest BCUT2D eigenvalue weighted by atomic mass is 32.3. The number of anilines is 8. The van der Waals surface area contributed by atoms with Crippen molar-refractivity contribution in [2.75, 3.05) is 86.5 Å². The number of hydrogen-bond donors (Lipinski definition) is 6. The van der Waals surface area contributed by atoms with Crippen LogP contribution in [0.3, 0.4) is 0 Å². The number of fused-ring (bicyclic) bond motifs is 2. The summed E-state index contributed by atoms with van der Waals surface area (Å²) in [5, 5.41) is 18.3. The standard InChI is InChI=1S/C37H49N11O6S4.C6H6N2O4S3/c1-8-47(9-2)26-18-23(22(38)17-28(26)52-5)39-35-41-36(43-37(42-35)55-21-15-13-12-14-16-21)40-24-19-27(48(10-3)11-4)29(53-6)20-25(24)44-45-32-30-31(54-7)34(58(49,50)51)56-33(30)46-57-32;1-12-3-2-4(7)14-8-5(2)13-6(3)15(9,10)11/h17-21H,8-16,38H2,1-7H3,(H,49,50,51)(H2,39,40,41,42,43);7H2,1H3,(H,9,10,11). The number of thiophene rings is 2. The van der Waals surface area contributed by atoms with Gasteiger partial charge in [0, 0.05) is 43.6 Å². The van der Waals surface area contributed by atoms with Gasteiger partial charge in [-0.05, 0) is 75.7 Å². The molecule has 0 radical (unpaired) electrons. The molecule has 0 aliphatic heterocycles. The van der Waals surface area contributed by atoms with Crippen LogP contribution in [0, 0.1) is 0 Å². The number of benzene rings is 2. The molecular weight excluding hydrogens is 1080 g/mol. The van der Waals surface area contributed by atoms with E-state index < -0.39 is 20.2 Å². The fraction of sp³-hybridized carbons (Fsp3) is 0.419. The van der Waals surface area contributed by atoms with Gasteiger partial charge in [0.25, 0.3) is 0 Å². The monoisotopic (exact) mass is 1140 g/mol. The Morgan fingerprint density at radius 1 is 0.685 bits per heavy atom. The molecule has 5 heterocycles. The van der Waals surface area contributed by atoms with Crippen LogP contribution in [0.2, 0.25) is 0 Å². The Kier molecular flexibility index (Phi) is 17.9. The van der Waals surface area contributed by atoms with Crippen LogP contribution >= 0.6 is 57.5 Å². The van der Waals surface area contributed by atoms with Crippen molar-refractivity contribution in [1.82, 2.24) is 23.7 Å². The lowest BCUT2D eigenvalue weighted by Crippen LogP contribution is -2.22. The Morgan fingerprint density at radius 3 is 1.73 bits per heavy atom. The summed E-state index contributed by atoms with van der Waals surface area (Å²) in [5.74, 6) is 1.79. The largest absolute Gasteiger partial charge is 0.495 e. The van der Waals surface area contributed by atoms with Crippen LogP contribution in [-0.2, 0) is 20.2 Å². The Hall–Kier alpha value is -5.60. The fourth-order valence-corrected chi connectivity index (χ4v) is 14.6. The number of methoxy groups -OCH3 is 4. The van der Waals surface area contributed by atoms with Crippen LogP contribution in [-0.4, -0.2) is 110 Å². The first-order valence-electron chi connectivity index (χ1n) is 22.6. The molecule has 0 unspecified atom stereocenters. The van der Waals surface area contributed by atoms with Crippen LogP contribution in [0.25, 0.3) is 20.4 Å². The maximum absolute atomic E-state index is 12.1.